The number of hydrogen-bond acceptors (Lipinski definition) is 8. The van der Waals surface area contributed by atoms with Crippen LogP contribution in [0.2, 0.25) is 0 Å². The minimum Gasteiger partial charge on any atom is -0.475 e. The van der Waals surface area contributed by atoms with Crippen molar-refractivity contribution in [2.24, 2.45) is 0 Å². The van der Waals surface area contributed by atoms with E-state index in [-0.39, 0.29) is 6.61 Å². The highest BCUT2D eigenvalue weighted by molar-refractivity contribution is 5.99. The van der Waals surface area contributed by atoms with Crippen molar-refractivity contribution >= 4 is 23.9 Å². The third-order valence-electron chi connectivity index (χ3n) is 4.25. The third-order valence-corrected chi connectivity index (χ3v) is 4.25. The van der Waals surface area contributed by atoms with Gasteiger partial charge in [0.2, 0.25) is 0 Å². The SMILES string of the molecule is CCOC(=O)c1c(CNCc2ncc[nH]2)[nH]c(C(=O)OC(C)(C)C)c1CC.O=C(O)C(F)(F)F.O=C(O)C(F)(F)F. The first kappa shape index (κ1) is 36.9. The summed E-state index contributed by atoms with van der Waals surface area (Å²) in [5.41, 5.74) is 1.27. The number of nitrogens with one attached hydrogen (secondary N) is 3. The summed E-state index contributed by atoms with van der Waals surface area (Å²) in [6.07, 6.45) is -6.26. The van der Waals surface area contributed by atoms with Crippen LogP contribution < -0.4 is 5.32 Å². The summed E-state index contributed by atoms with van der Waals surface area (Å²) in [6, 6.07) is 0. The van der Waals surface area contributed by atoms with Crippen molar-refractivity contribution in [3.63, 3.8) is 0 Å². The van der Waals surface area contributed by atoms with E-state index in [0.29, 0.717) is 42.0 Å². The zero-order valence-corrected chi connectivity index (χ0v) is 22.5. The number of carboxylic acids is 2. The number of rotatable bonds is 8. The topological polar surface area (TPSA) is 184 Å². The number of esters is 2. The Balaban J connectivity index is 0.000000941. The molecule has 18 heteroatoms. The molecule has 0 aliphatic carbocycles. The van der Waals surface area contributed by atoms with Gasteiger partial charge in [0.05, 0.1) is 18.7 Å². The fraction of sp³-hybridized carbons (Fsp3) is 0.522. The first-order valence-electron chi connectivity index (χ1n) is 11.6. The molecule has 0 spiro atoms. The lowest BCUT2D eigenvalue weighted by Crippen LogP contribution is -2.24. The van der Waals surface area contributed by atoms with E-state index in [4.69, 9.17) is 29.3 Å². The van der Waals surface area contributed by atoms with Gasteiger partial charge in [-0.25, -0.2) is 24.2 Å². The number of imidazole rings is 1. The van der Waals surface area contributed by atoms with Crippen molar-refractivity contribution in [3.05, 3.63) is 40.7 Å². The van der Waals surface area contributed by atoms with Crippen LogP contribution in [0.25, 0.3) is 0 Å². The smallest absolute Gasteiger partial charge is 0.475 e. The summed E-state index contributed by atoms with van der Waals surface area (Å²) >= 11 is 0. The molecule has 5 N–H and O–H groups in total. The predicted octanol–water partition coefficient (Wildman–Crippen LogP) is 3.99. The van der Waals surface area contributed by atoms with E-state index < -0.39 is 41.8 Å². The molecule has 232 valence electrons. The standard InChI is InChI=1S/C19H28N4O4.2C2HF3O2/c1-6-12-15(17(24)26-7-2)13(10-20-11-14-21-8-9-22-14)23-16(12)18(25)27-19(3,4)5;2*3-2(4,5)1(6)7/h8-9,20,23H,6-7,10-11H2,1-5H3,(H,21,22);2*(H,6,7). The van der Waals surface area contributed by atoms with Gasteiger partial charge in [-0.15, -0.1) is 0 Å². The Morgan fingerprint density at radius 3 is 1.80 bits per heavy atom. The molecule has 2 aromatic heterocycles. The van der Waals surface area contributed by atoms with Gasteiger partial charge in [-0.05, 0) is 39.7 Å². The number of aromatic nitrogens is 3. The Labute approximate surface area is 229 Å². The number of halogens is 6. The van der Waals surface area contributed by atoms with Gasteiger partial charge in [0, 0.05) is 24.6 Å². The van der Waals surface area contributed by atoms with Gasteiger partial charge in [0.15, 0.2) is 0 Å². The number of carbonyl (C=O) groups is 4. The number of alkyl halides is 6. The highest BCUT2D eigenvalue weighted by Gasteiger charge is 2.39. The van der Waals surface area contributed by atoms with Crippen LogP contribution in [0.15, 0.2) is 12.4 Å². The number of aliphatic carboxylic acids is 2. The van der Waals surface area contributed by atoms with Crippen LogP contribution in [-0.4, -0.2) is 73.6 Å². The largest absolute Gasteiger partial charge is 0.490 e. The molecule has 0 aliphatic rings. The molecular weight excluding hydrogens is 574 g/mol. The fourth-order valence-electron chi connectivity index (χ4n) is 2.74. The number of nitrogens with zero attached hydrogens (tertiary/aromatic N) is 1. The van der Waals surface area contributed by atoms with Crippen molar-refractivity contribution in [1.29, 1.82) is 0 Å². The van der Waals surface area contributed by atoms with E-state index in [1.165, 1.54) is 0 Å². The van der Waals surface area contributed by atoms with E-state index in [9.17, 15) is 35.9 Å². The summed E-state index contributed by atoms with van der Waals surface area (Å²) in [7, 11) is 0. The summed E-state index contributed by atoms with van der Waals surface area (Å²) in [6.45, 7) is 10.2. The highest BCUT2D eigenvalue weighted by atomic mass is 19.4. The molecule has 0 radical (unpaired) electrons. The molecule has 0 saturated heterocycles. The lowest BCUT2D eigenvalue weighted by atomic mass is 10.1. The second-order valence-corrected chi connectivity index (χ2v) is 8.65. The van der Waals surface area contributed by atoms with E-state index in [2.05, 4.69) is 20.3 Å². The maximum Gasteiger partial charge on any atom is 0.490 e. The Morgan fingerprint density at radius 1 is 0.927 bits per heavy atom. The average molecular weight is 605 g/mol. The molecule has 12 nitrogen and oxygen atoms in total. The molecule has 0 fully saturated rings. The molecule has 0 saturated carbocycles. The minimum atomic E-state index is -5.08. The first-order chi connectivity index (χ1) is 18.7. The molecule has 0 aliphatic heterocycles. The highest BCUT2D eigenvalue weighted by Crippen LogP contribution is 2.24. The van der Waals surface area contributed by atoms with Crippen LogP contribution in [-0.2, 0) is 38.6 Å². The normalized spacial score (nSPS) is 11.4. The minimum absolute atomic E-state index is 0.258. The number of aromatic amines is 2. The van der Waals surface area contributed by atoms with E-state index in [1.807, 2.05) is 6.92 Å². The van der Waals surface area contributed by atoms with Crippen molar-refractivity contribution in [2.45, 2.75) is 72.1 Å². The summed E-state index contributed by atoms with van der Waals surface area (Å²) < 4.78 is 74.2. The van der Waals surface area contributed by atoms with Crippen molar-refractivity contribution < 1.29 is 65.2 Å². The monoisotopic (exact) mass is 604 g/mol. The number of H-pyrrole nitrogens is 2. The number of carboxylic acid groups (broad SMARTS) is 2. The molecule has 41 heavy (non-hydrogen) atoms. The third kappa shape index (κ3) is 13.7. The van der Waals surface area contributed by atoms with E-state index in [1.54, 1.807) is 40.1 Å². The van der Waals surface area contributed by atoms with Gasteiger partial charge < -0.3 is 35.0 Å². The zero-order valence-electron chi connectivity index (χ0n) is 22.5. The van der Waals surface area contributed by atoms with Crippen molar-refractivity contribution in [2.75, 3.05) is 6.61 Å². The molecule has 0 atom stereocenters. The van der Waals surface area contributed by atoms with Crippen LogP contribution in [0, 0.1) is 0 Å². The van der Waals surface area contributed by atoms with Crippen LogP contribution in [0.3, 0.4) is 0 Å². The molecule has 2 rings (SSSR count). The van der Waals surface area contributed by atoms with Crippen LogP contribution in [0.1, 0.15) is 72.5 Å². The van der Waals surface area contributed by atoms with Gasteiger partial charge in [-0.1, -0.05) is 6.92 Å². The van der Waals surface area contributed by atoms with Gasteiger partial charge in [-0.3, -0.25) is 0 Å². The van der Waals surface area contributed by atoms with Gasteiger partial charge in [-0.2, -0.15) is 26.3 Å². The first-order valence-corrected chi connectivity index (χ1v) is 11.6. The Hall–Kier alpha value is -4.09. The van der Waals surface area contributed by atoms with E-state index in [0.717, 1.165) is 5.82 Å². The molecule has 0 unspecified atom stereocenters. The summed E-state index contributed by atoms with van der Waals surface area (Å²) in [5.74, 6) is -5.67. The Bertz CT molecular complexity index is 1130. The Morgan fingerprint density at radius 2 is 1.44 bits per heavy atom. The van der Waals surface area contributed by atoms with Crippen LogP contribution in [0.4, 0.5) is 26.3 Å². The average Bonchev–Trinajstić information content (AvgIpc) is 3.45. The quantitative estimate of drug-likeness (QED) is 0.218. The summed E-state index contributed by atoms with van der Waals surface area (Å²) in [5, 5.41) is 17.5. The summed E-state index contributed by atoms with van der Waals surface area (Å²) in [4.78, 5) is 53.1. The zero-order chi connectivity index (χ0) is 32.2. The number of hydrogen-bond donors (Lipinski definition) is 5. The maximum absolute atomic E-state index is 12.6. The number of ether oxygens (including phenoxy) is 2. The predicted molar refractivity (Wildman–Crippen MR) is 128 cm³/mol. The van der Waals surface area contributed by atoms with Gasteiger partial charge in [0.1, 0.15) is 17.1 Å². The van der Waals surface area contributed by atoms with Crippen LogP contribution >= 0.6 is 0 Å². The molecule has 0 aromatic carbocycles. The maximum atomic E-state index is 12.6. The van der Waals surface area contributed by atoms with Crippen molar-refractivity contribution in [1.82, 2.24) is 20.3 Å². The van der Waals surface area contributed by atoms with E-state index >= 15 is 0 Å². The molecular formula is C23H30F6N4O8. The fourth-order valence-corrected chi connectivity index (χ4v) is 2.74. The number of carbonyl (C=O) groups excluding carboxylic acids is 2. The molecule has 2 aromatic rings. The van der Waals surface area contributed by atoms with Gasteiger partial charge >= 0.3 is 36.2 Å². The molecule has 2 heterocycles. The van der Waals surface area contributed by atoms with Gasteiger partial charge in [0.25, 0.3) is 0 Å². The molecule has 0 amide bonds. The Kier molecular flexibility index (Phi) is 14.1. The lowest BCUT2D eigenvalue weighted by molar-refractivity contribution is -0.193. The lowest BCUT2D eigenvalue weighted by Gasteiger charge is -2.19. The molecule has 0 bridgehead atoms. The second-order valence-electron chi connectivity index (χ2n) is 8.65. The second kappa shape index (κ2) is 15.6. The van der Waals surface area contributed by atoms with Crippen molar-refractivity contribution in [3.8, 4) is 0 Å². The van der Waals surface area contributed by atoms with Crippen LogP contribution in [0.5, 0.6) is 0 Å².